The molecule has 0 aliphatic rings. The Labute approximate surface area is 131 Å². The van der Waals surface area contributed by atoms with Crippen molar-refractivity contribution in [3.05, 3.63) is 56.5 Å². The monoisotopic (exact) mass is 321 g/mol. The highest BCUT2D eigenvalue weighted by atomic mass is 35.5. The number of benzene rings is 1. The van der Waals surface area contributed by atoms with Crippen molar-refractivity contribution in [2.45, 2.75) is 13.8 Å². The molecule has 5 nitrogen and oxygen atoms in total. The van der Waals surface area contributed by atoms with Gasteiger partial charge in [0.2, 0.25) is 0 Å². The van der Waals surface area contributed by atoms with Crippen molar-refractivity contribution >= 4 is 34.6 Å². The summed E-state index contributed by atoms with van der Waals surface area (Å²) in [5, 5.41) is 4.55. The van der Waals surface area contributed by atoms with E-state index >= 15 is 0 Å². The van der Waals surface area contributed by atoms with Crippen molar-refractivity contribution in [3.8, 4) is 5.69 Å². The topological polar surface area (TPSA) is 78.0 Å². The molecule has 2 N–H and O–H groups in total. The van der Waals surface area contributed by atoms with Gasteiger partial charge in [-0.15, -0.1) is 0 Å². The fourth-order valence-corrected chi connectivity index (χ4v) is 2.44. The number of ketones is 1. The highest BCUT2D eigenvalue weighted by Crippen LogP contribution is 2.15. The van der Waals surface area contributed by atoms with Gasteiger partial charge in [0.25, 0.3) is 5.56 Å². The molecule has 0 fully saturated rings. The van der Waals surface area contributed by atoms with Crippen LogP contribution in [0.2, 0.25) is 5.02 Å². The largest absolute Gasteiger partial charge is 0.389 e. The van der Waals surface area contributed by atoms with Gasteiger partial charge in [-0.25, -0.2) is 0 Å². The smallest absolute Gasteiger partial charge is 0.282 e. The van der Waals surface area contributed by atoms with E-state index in [-0.39, 0.29) is 22.0 Å². The second-order valence-corrected chi connectivity index (χ2v) is 5.34. The quantitative estimate of drug-likeness (QED) is 0.691. The molecule has 0 saturated carbocycles. The second kappa shape index (κ2) is 5.75. The molecule has 1 aromatic heterocycles. The minimum absolute atomic E-state index is 0.0711. The number of halogens is 1. The first-order valence-corrected chi connectivity index (χ1v) is 6.82. The van der Waals surface area contributed by atoms with Gasteiger partial charge in [0, 0.05) is 11.9 Å². The molecule has 0 spiro atoms. The summed E-state index contributed by atoms with van der Waals surface area (Å²) in [5.74, 6) is -0.277. The minimum Gasteiger partial charge on any atom is -0.389 e. The molecule has 21 heavy (non-hydrogen) atoms. The Morgan fingerprint density at radius 1 is 1.43 bits per heavy atom. The van der Waals surface area contributed by atoms with E-state index in [2.05, 4.69) is 5.10 Å². The molecule has 0 amide bonds. The zero-order valence-corrected chi connectivity index (χ0v) is 13.0. The normalized spacial score (nSPS) is 10.4. The van der Waals surface area contributed by atoms with Crippen molar-refractivity contribution in [2.75, 3.05) is 0 Å². The maximum atomic E-state index is 12.5. The molecular formula is C14H12ClN3O2S. The van der Waals surface area contributed by atoms with Crippen LogP contribution in [-0.2, 0) is 0 Å². The average Bonchev–Trinajstić information content (AvgIpc) is 2.37. The number of nitrogens with two attached hydrogens (primary N) is 1. The highest BCUT2D eigenvalue weighted by molar-refractivity contribution is 7.80. The van der Waals surface area contributed by atoms with Gasteiger partial charge in [-0.3, -0.25) is 9.59 Å². The van der Waals surface area contributed by atoms with Gasteiger partial charge in [0.1, 0.15) is 10.7 Å². The van der Waals surface area contributed by atoms with Crippen molar-refractivity contribution in [1.29, 1.82) is 0 Å². The molecule has 0 bridgehead atoms. The van der Waals surface area contributed by atoms with Gasteiger partial charge in [-0.1, -0.05) is 29.9 Å². The molecule has 0 atom stereocenters. The molecule has 0 aliphatic carbocycles. The standard InChI is InChI=1S/C14H12ClN3O2S/c1-7-11(13(16)21)14(20)18(17-12(7)8(2)19)10-5-3-4-9(15)6-10/h3-6H,1-2H3,(H2,16,21). The van der Waals surface area contributed by atoms with Crippen LogP contribution in [0.15, 0.2) is 29.1 Å². The Hall–Kier alpha value is -2.05. The Morgan fingerprint density at radius 3 is 2.62 bits per heavy atom. The Balaban J connectivity index is 2.87. The second-order valence-electron chi connectivity index (χ2n) is 4.47. The van der Waals surface area contributed by atoms with E-state index in [1.54, 1.807) is 31.2 Å². The highest BCUT2D eigenvalue weighted by Gasteiger charge is 2.19. The van der Waals surface area contributed by atoms with E-state index in [4.69, 9.17) is 29.6 Å². The fourth-order valence-electron chi connectivity index (χ4n) is 2.01. The number of Topliss-reactive ketones (excluding diaryl/α,β-unsaturated/α-hetero) is 1. The Bertz CT molecular complexity index is 814. The summed E-state index contributed by atoms with van der Waals surface area (Å²) in [4.78, 5) is 24.1. The molecule has 2 aromatic rings. The predicted molar refractivity (Wildman–Crippen MR) is 85.5 cm³/mol. The molecule has 0 aliphatic heterocycles. The first kappa shape index (κ1) is 15.3. The third-order valence-corrected chi connectivity index (χ3v) is 3.41. The molecule has 108 valence electrons. The lowest BCUT2D eigenvalue weighted by atomic mass is 10.1. The van der Waals surface area contributed by atoms with E-state index < -0.39 is 5.56 Å². The summed E-state index contributed by atoms with van der Waals surface area (Å²) in [5.41, 5.74) is 6.23. The van der Waals surface area contributed by atoms with Gasteiger partial charge in [0.15, 0.2) is 5.78 Å². The molecule has 1 heterocycles. The third-order valence-electron chi connectivity index (χ3n) is 2.97. The number of carbonyl (C=O) groups is 1. The minimum atomic E-state index is -0.479. The van der Waals surface area contributed by atoms with Gasteiger partial charge in [-0.05, 0) is 30.7 Å². The molecule has 0 unspecified atom stereocenters. The van der Waals surface area contributed by atoms with E-state index in [9.17, 15) is 9.59 Å². The SMILES string of the molecule is CC(=O)c1nn(-c2cccc(Cl)c2)c(=O)c(C(N)=S)c1C. The van der Waals surface area contributed by atoms with Crippen LogP contribution in [0.25, 0.3) is 5.69 Å². The van der Waals surface area contributed by atoms with Gasteiger partial charge in [0.05, 0.1) is 11.3 Å². The van der Waals surface area contributed by atoms with E-state index in [1.165, 1.54) is 6.92 Å². The number of rotatable bonds is 3. The van der Waals surface area contributed by atoms with Crippen LogP contribution in [0.3, 0.4) is 0 Å². The molecule has 0 radical (unpaired) electrons. The zero-order valence-electron chi connectivity index (χ0n) is 11.4. The van der Waals surface area contributed by atoms with Crippen molar-refractivity contribution in [2.24, 2.45) is 5.73 Å². The maximum Gasteiger partial charge on any atom is 0.282 e. The van der Waals surface area contributed by atoms with Crippen LogP contribution in [0.1, 0.15) is 28.5 Å². The summed E-state index contributed by atoms with van der Waals surface area (Å²) in [6, 6.07) is 6.57. The fraction of sp³-hybridized carbons (Fsp3) is 0.143. The number of hydrogen-bond acceptors (Lipinski definition) is 4. The lowest BCUT2D eigenvalue weighted by Gasteiger charge is -2.12. The van der Waals surface area contributed by atoms with Crippen LogP contribution in [-0.4, -0.2) is 20.6 Å². The number of nitrogens with zero attached hydrogens (tertiary/aromatic N) is 2. The van der Waals surface area contributed by atoms with E-state index in [0.717, 1.165) is 4.68 Å². The average molecular weight is 322 g/mol. The van der Waals surface area contributed by atoms with Crippen LogP contribution in [0.4, 0.5) is 0 Å². The predicted octanol–water partition coefficient (Wildman–Crippen LogP) is 2.03. The number of aromatic nitrogens is 2. The summed E-state index contributed by atoms with van der Waals surface area (Å²) in [6.45, 7) is 2.97. The molecule has 7 heteroatoms. The lowest BCUT2D eigenvalue weighted by molar-refractivity contribution is 0.101. The first-order valence-electron chi connectivity index (χ1n) is 6.03. The Morgan fingerprint density at radius 2 is 2.10 bits per heavy atom. The maximum absolute atomic E-state index is 12.5. The molecule has 0 saturated heterocycles. The molecular weight excluding hydrogens is 310 g/mol. The zero-order chi connectivity index (χ0) is 15.7. The van der Waals surface area contributed by atoms with Crippen molar-refractivity contribution in [1.82, 2.24) is 9.78 Å². The summed E-state index contributed by atoms with van der Waals surface area (Å²) in [7, 11) is 0. The summed E-state index contributed by atoms with van der Waals surface area (Å²) < 4.78 is 1.09. The van der Waals surface area contributed by atoms with Crippen molar-refractivity contribution < 1.29 is 4.79 Å². The van der Waals surface area contributed by atoms with Crippen LogP contribution in [0, 0.1) is 6.92 Å². The Kier molecular flexibility index (Phi) is 4.20. The van der Waals surface area contributed by atoms with Crippen LogP contribution in [0.5, 0.6) is 0 Å². The van der Waals surface area contributed by atoms with Gasteiger partial charge in [-0.2, -0.15) is 9.78 Å². The number of thiocarbonyl (C=S) groups is 1. The van der Waals surface area contributed by atoms with Crippen molar-refractivity contribution in [3.63, 3.8) is 0 Å². The summed E-state index contributed by atoms with van der Waals surface area (Å²) in [6.07, 6.45) is 0. The van der Waals surface area contributed by atoms with E-state index in [1.807, 2.05) is 0 Å². The number of carbonyl (C=O) groups excluding carboxylic acids is 1. The molecule has 2 rings (SSSR count). The van der Waals surface area contributed by atoms with Gasteiger partial charge < -0.3 is 5.73 Å². The number of hydrogen-bond donors (Lipinski definition) is 1. The lowest BCUT2D eigenvalue weighted by Crippen LogP contribution is -2.33. The third kappa shape index (κ3) is 2.86. The van der Waals surface area contributed by atoms with Crippen LogP contribution < -0.4 is 11.3 Å². The summed E-state index contributed by atoms with van der Waals surface area (Å²) >= 11 is 10.8. The first-order chi connectivity index (χ1) is 9.82. The molecule has 1 aromatic carbocycles. The van der Waals surface area contributed by atoms with Gasteiger partial charge >= 0.3 is 0 Å². The van der Waals surface area contributed by atoms with Crippen LogP contribution >= 0.6 is 23.8 Å². The van der Waals surface area contributed by atoms with E-state index in [0.29, 0.717) is 16.3 Å².